The Morgan fingerprint density at radius 1 is 1.50 bits per heavy atom. The van der Waals surface area contributed by atoms with Gasteiger partial charge in [0.1, 0.15) is 5.82 Å². The molecular weight excluding hydrogens is 223 g/mol. The van der Waals surface area contributed by atoms with Gasteiger partial charge in [-0.05, 0) is 42.4 Å². The Bertz CT molecular complexity index is 331. The zero-order valence-electron chi connectivity index (χ0n) is 9.79. The maximum Gasteiger partial charge on any atom is 0.123 e. The van der Waals surface area contributed by atoms with Crippen LogP contribution in [-0.4, -0.2) is 17.5 Å². The minimum absolute atomic E-state index is 0.181. The summed E-state index contributed by atoms with van der Waals surface area (Å²) in [5.41, 5.74) is 4.93. The Morgan fingerprint density at radius 2 is 2.25 bits per heavy atom. The first kappa shape index (κ1) is 13.5. The van der Waals surface area contributed by atoms with Gasteiger partial charge in [-0.3, -0.25) is 11.3 Å². The van der Waals surface area contributed by atoms with Crippen molar-refractivity contribution in [2.24, 2.45) is 5.84 Å². The molecular formula is C12H19FN2S. The van der Waals surface area contributed by atoms with Crippen LogP contribution in [0.3, 0.4) is 0 Å². The lowest BCUT2D eigenvalue weighted by atomic mass is 10.0. The minimum Gasteiger partial charge on any atom is -0.271 e. The zero-order valence-corrected chi connectivity index (χ0v) is 10.6. The first-order valence-corrected chi connectivity index (χ1v) is 6.61. The second kappa shape index (κ2) is 6.89. The number of aryl methyl sites for hydroxylation is 1. The molecule has 0 radical (unpaired) electrons. The van der Waals surface area contributed by atoms with Crippen LogP contribution in [0.5, 0.6) is 0 Å². The summed E-state index contributed by atoms with van der Waals surface area (Å²) in [6, 6.07) is 5.09. The Balaban J connectivity index is 2.65. The van der Waals surface area contributed by atoms with Gasteiger partial charge in [-0.1, -0.05) is 13.0 Å². The van der Waals surface area contributed by atoms with E-state index in [0.717, 1.165) is 29.1 Å². The van der Waals surface area contributed by atoms with Gasteiger partial charge in [0, 0.05) is 11.8 Å². The van der Waals surface area contributed by atoms with E-state index < -0.39 is 0 Å². The number of benzene rings is 1. The van der Waals surface area contributed by atoms with Crippen molar-refractivity contribution in [1.82, 2.24) is 5.43 Å². The second-order valence-electron chi connectivity index (χ2n) is 3.80. The molecule has 0 aliphatic rings. The van der Waals surface area contributed by atoms with Gasteiger partial charge in [-0.15, -0.1) is 0 Å². The summed E-state index contributed by atoms with van der Waals surface area (Å²) in [6.45, 7) is 4.11. The van der Waals surface area contributed by atoms with Crippen molar-refractivity contribution in [2.45, 2.75) is 26.3 Å². The highest BCUT2D eigenvalue weighted by atomic mass is 32.2. The predicted molar refractivity (Wildman–Crippen MR) is 69.0 cm³/mol. The highest BCUT2D eigenvalue weighted by Crippen LogP contribution is 2.14. The van der Waals surface area contributed by atoms with E-state index in [0.29, 0.717) is 0 Å². The van der Waals surface area contributed by atoms with Crippen molar-refractivity contribution in [3.8, 4) is 0 Å². The minimum atomic E-state index is -0.181. The molecule has 1 aromatic rings. The number of hydrogen-bond donors (Lipinski definition) is 2. The molecule has 90 valence electrons. The van der Waals surface area contributed by atoms with Crippen LogP contribution in [0.15, 0.2) is 18.2 Å². The van der Waals surface area contributed by atoms with E-state index in [1.165, 1.54) is 6.07 Å². The summed E-state index contributed by atoms with van der Waals surface area (Å²) in [7, 11) is 0. The topological polar surface area (TPSA) is 38.0 Å². The Labute approximate surface area is 101 Å². The molecule has 0 heterocycles. The van der Waals surface area contributed by atoms with Gasteiger partial charge in [0.2, 0.25) is 0 Å². The summed E-state index contributed by atoms with van der Waals surface area (Å²) in [6.07, 6.45) is 0.771. The molecule has 0 bridgehead atoms. The van der Waals surface area contributed by atoms with Crippen molar-refractivity contribution < 1.29 is 4.39 Å². The summed E-state index contributed by atoms with van der Waals surface area (Å²) in [5.74, 6) is 7.33. The average Bonchev–Trinajstić information content (AvgIpc) is 2.28. The van der Waals surface area contributed by atoms with Crippen LogP contribution in [0, 0.1) is 12.7 Å². The standard InChI is InChI=1S/C12H19FN2S/c1-3-16-8-12(15-14)7-10-6-11(13)5-4-9(10)2/h4-6,12,15H,3,7-8,14H2,1-2H3. The molecule has 3 N–H and O–H groups in total. The van der Waals surface area contributed by atoms with Gasteiger partial charge < -0.3 is 0 Å². The molecule has 4 heteroatoms. The fourth-order valence-electron chi connectivity index (χ4n) is 1.55. The molecule has 0 saturated carbocycles. The number of rotatable bonds is 6. The van der Waals surface area contributed by atoms with E-state index in [2.05, 4.69) is 12.3 Å². The van der Waals surface area contributed by atoms with Crippen molar-refractivity contribution in [2.75, 3.05) is 11.5 Å². The fourth-order valence-corrected chi connectivity index (χ4v) is 2.29. The van der Waals surface area contributed by atoms with Gasteiger partial charge in [-0.25, -0.2) is 4.39 Å². The van der Waals surface area contributed by atoms with Gasteiger partial charge in [0.05, 0.1) is 0 Å². The number of hydrazine groups is 1. The highest BCUT2D eigenvalue weighted by molar-refractivity contribution is 7.99. The molecule has 1 unspecified atom stereocenters. The molecule has 1 rings (SSSR count). The SMILES string of the molecule is CCSCC(Cc1cc(F)ccc1C)NN. The molecule has 1 aromatic carbocycles. The van der Waals surface area contributed by atoms with Gasteiger partial charge in [0.15, 0.2) is 0 Å². The number of nitrogens with two attached hydrogens (primary N) is 1. The van der Waals surface area contributed by atoms with E-state index >= 15 is 0 Å². The Morgan fingerprint density at radius 3 is 2.88 bits per heavy atom. The average molecular weight is 242 g/mol. The van der Waals surface area contributed by atoms with Gasteiger partial charge in [-0.2, -0.15) is 11.8 Å². The van der Waals surface area contributed by atoms with Crippen LogP contribution in [0.4, 0.5) is 4.39 Å². The molecule has 0 saturated heterocycles. The van der Waals surface area contributed by atoms with Crippen LogP contribution in [0.1, 0.15) is 18.1 Å². The summed E-state index contributed by atoms with van der Waals surface area (Å²) in [5, 5.41) is 0. The van der Waals surface area contributed by atoms with Crippen molar-refractivity contribution >= 4 is 11.8 Å². The summed E-state index contributed by atoms with van der Waals surface area (Å²) < 4.78 is 13.1. The Kier molecular flexibility index (Phi) is 5.80. The normalized spacial score (nSPS) is 12.8. The van der Waals surface area contributed by atoms with Crippen LogP contribution in [0.25, 0.3) is 0 Å². The maximum atomic E-state index is 13.1. The van der Waals surface area contributed by atoms with Crippen molar-refractivity contribution in [3.05, 3.63) is 35.1 Å². The van der Waals surface area contributed by atoms with Gasteiger partial charge in [0.25, 0.3) is 0 Å². The van der Waals surface area contributed by atoms with E-state index in [1.807, 2.05) is 24.8 Å². The Hall–Kier alpha value is -0.580. The van der Waals surface area contributed by atoms with E-state index in [9.17, 15) is 4.39 Å². The highest BCUT2D eigenvalue weighted by Gasteiger charge is 2.09. The first-order chi connectivity index (χ1) is 7.67. The van der Waals surface area contributed by atoms with Crippen LogP contribution in [0.2, 0.25) is 0 Å². The molecule has 0 aromatic heterocycles. The molecule has 0 aliphatic carbocycles. The molecule has 0 amide bonds. The van der Waals surface area contributed by atoms with E-state index in [4.69, 9.17) is 5.84 Å². The number of halogens is 1. The van der Waals surface area contributed by atoms with Crippen molar-refractivity contribution in [3.63, 3.8) is 0 Å². The lowest BCUT2D eigenvalue weighted by Crippen LogP contribution is -2.38. The quantitative estimate of drug-likeness (QED) is 0.593. The van der Waals surface area contributed by atoms with Crippen LogP contribution >= 0.6 is 11.8 Å². The van der Waals surface area contributed by atoms with Crippen LogP contribution in [-0.2, 0) is 6.42 Å². The van der Waals surface area contributed by atoms with Crippen molar-refractivity contribution in [1.29, 1.82) is 0 Å². The number of thioether (sulfide) groups is 1. The number of hydrogen-bond acceptors (Lipinski definition) is 3. The largest absolute Gasteiger partial charge is 0.271 e. The molecule has 0 fully saturated rings. The third kappa shape index (κ3) is 4.12. The third-order valence-electron chi connectivity index (χ3n) is 2.54. The van der Waals surface area contributed by atoms with Gasteiger partial charge >= 0.3 is 0 Å². The molecule has 0 aliphatic heterocycles. The molecule has 16 heavy (non-hydrogen) atoms. The predicted octanol–water partition coefficient (Wildman–Crippen LogP) is 2.26. The second-order valence-corrected chi connectivity index (χ2v) is 5.12. The lowest BCUT2D eigenvalue weighted by molar-refractivity contribution is 0.569. The molecule has 2 nitrogen and oxygen atoms in total. The summed E-state index contributed by atoms with van der Waals surface area (Å²) in [4.78, 5) is 0. The zero-order chi connectivity index (χ0) is 12.0. The maximum absolute atomic E-state index is 13.1. The van der Waals surface area contributed by atoms with E-state index in [1.54, 1.807) is 6.07 Å². The molecule has 1 atom stereocenters. The summed E-state index contributed by atoms with van der Waals surface area (Å²) >= 11 is 1.83. The number of nitrogens with one attached hydrogen (secondary N) is 1. The first-order valence-electron chi connectivity index (χ1n) is 5.46. The van der Waals surface area contributed by atoms with Crippen LogP contribution < -0.4 is 11.3 Å². The third-order valence-corrected chi connectivity index (χ3v) is 3.58. The lowest BCUT2D eigenvalue weighted by Gasteiger charge is -2.16. The van der Waals surface area contributed by atoms with E-state index in [-0.39, 0.29) is 11.9 Å². The fraction of sp³-hybridized carbons (Fsp3) is 0.500. The molecule has 0 spiro atoms. The monoisotopic (exact) mass is 242 g/mol. The smallest absolute Gasteiger partial charge is 0.123 e.